The molecule has 0 aromatic heterocycles. The SMILES string of the molecule is CCCCCCCC(=O)OC[C@H](CCOc1cc(CN(C)C)cc(OCC[C@H](O)CO)c1)OC(=O)CCCCCCC. The molecular formula is C33H57NO8. The highest BCUT2D eigenvalue weighted by Crippen LogP contribution is 2.25. The van der Waals surface area contributed by atoms with Gasteiger partial charge in [-0.25, -0.2) is 0 Å². The summed E-state index contributed by atoms with van der Waals surface area (Å²) >= 11 is 0. The number of carbonyl (C=O) groups is 2. The number of unbranched alkanes of at least 4 members (excludes halogenated alkanes) is 8. The highest BCUT2D eigenvalue weighted by molar-refractivity contribution is 5.70. The van der Waals surface area contributed by atoms with E-state index in [1.54, 1.807) is 6.07 Å². The van der Waals surface area contributed by atoms with Crippen LogP contribution in [0.5, 0.6) is 11.5 Å². The third-order valence-electron chi connectivity index (χ3n) is 6.77. The van der Waals surface area contributed by atoms with Crippen LogP contribution in [0.3, 0.4) is 0 Å². The molecule has 0 saturated carbocycles. The van der Waals surface area contributed by atoms with E-state index in [1.807, 2.05) is 31.1 Å². The Kier molecular flexibility index (Phi) is 21.6. The molecule has 0 saturated heterocycles. The molecule has 0 aliphatic carbocycles. The van der Waals surface area contributed by atoms with E-state index in [-0.39, 0.29) is 38.4 Å². The minimum absolute atomic E-state index is 0.0148. The number of carbonyl (C=O) groups excluding carboxylic acids is 2. The molecule has 2 N–H and O–H groups in total. The third kappa shape index (κ3) is 19.7. The van der Waals surface area contributed by atoms with Crippen molar-refractivity contribution in [2.75, 3.05) is 40.5 Å². The van der Waals surface area contributed by atoms with E-state index < -0.39 is 12.2 Å². The van der Waals surface area contributed by atoms with Gasteiger partial charge < -0.3 is 34.1 Å². The number of ether oxygens (including phenoxy) is 4. The fraction of sp³-hybridized carbons (Fsp3) is 0.758. The van der Waals surface area contributed by atoms with E-state index in [0.29, 0.717) is 43.7 Å². The fourth-order valence-corrected chi connectivity index (χ4v) is 4.39. The topological polar surface area (TPSA) is 115 Å². The highest BCUT2D eigenvalue weighted by atomic mass is 16.6. The first-order valence-electron chi connectivity index (χ1n) is 16.0. The molecule has 0 amide bonds. The Bertz CT molecular complexity index is 847. The van der Waals surface area contributed by atoms with Gasteiger partial charge in [-0.2, -0.15) is 0 Å². The first-order chi connectivity index (χ1) is 20.3. The van der Waals surface area contributed by atoms with Crippen molar-refractivity contribution >= 4 is 11.9 Å². The average molecular weight is 596 g/mol. The quantitative estimate of drug-likeness (QED) is 0.101. The van der Waals surface area contributed by atoms with Crippen molar-refractivity contribution in [2.45, 2.75) is 122 Å². The summed E-state index contributed by atoms with van der Waals surface area (Å²) < 4.78 is 23.1. The number of benzene rings is 1. The highest BCUT2D eigenvalue weighted by Gasteiger charge is 2.18. The summed E-state index contributed by atoms with van der Waals surface area (Å²) in [5.74, 6) is 0.670. The van der Waals surface area contributed by atoms with E-state index in [1.165, 1.54) is 6.42 Å². The summed E-state index contributed by atoms with van der Waals surface area (Å²) in [4.78, 5) is 26.9. The van der Waals surface area contributed by atoms with Crippen LogP contribution in [0.4, 0.5) is 0 Å². The van der Waals surface area contributed by atoms with Crippen LogP contribution in [0.2, 0.25) is 0 Å². The first-order valence-corrected chi connectivity index (χ1v) is 16.0. The lowest BCUT2D eigenvalue weighted by molar-refractivity contribution is -0.160. The zero-order chi connectivity index (χ0) is 31.0. The Morgan fingerprint density at radius 3 is 1.88 bits per heavy atom. The maximum absolute atomic E-state index is 12.5. The molecule has 0 heterocycles. The number of hydrogen-bond acceptors (Lipinski definition) is 9. The van der Waals surface area contributed by atoms with E-state index in [4.69, 9.17) is 24.1 Å². The molecular weight excluding hydrogens is 538 g/mol. The van der Waals surface area contributed by atoms with E-state index in [9.17, 15) is 14.7 Å². The van der Waals surface area contributed by atoms with Crippen molar-refractivity contribution in [3.8, 4) is 11.5 Å². The molecule has 2 atom stereocenters. The summed E-state index contributed by atoms with van der Waals surface area (Å²) in [6, 6.07) is 5.64. The van der Waals surface area contributed by atoms with Crippen LogP contribution in [-0.4, -0.2) is 79.8 Å². The second-order valence-electron chi connectivity index (χ2n) is 11.3. The van der Waals surface area contributed by atoms with E-state index in [2.05, 4.69) is 13.8 Å². The van der Waals surface area contributed by atoms with Gasteiger partial charge in [0.25, 0.3) is 0 Å². The monoisotopic (exact) mass is 595 g/mol. The van der Waals surface area contributed by atoms with Crippen LogP contribution in [0, 0.1) is 0 Å². The van der Waals surface area contributed by atoms with E-state index >= 15 is 0 Å². The van der Waals surface area contributed by atoms with Gasteiger partial charge >= 0.3 is 11.9 Å². The molecule has 0 bridgehead atoms. The molecule has 9 nitrogen and oxygen atoms in total. The molecule has 1 aromatic carbocycles. The van der Waals surface area contributed by atoms with Crippen molar-refractivity contribution in [2.24, 2.45) is 0 Å². The van der Waals surface area contributed by atoms with Gasteiger partial charge in [0.05, 0.1) is 25.9 Å². The second kappa shape index (κ2) is 24.1. The smallest absolute Gasteiger partial charge is 0.306 e. The first kappa shape index (κ1) is 37.7. The van der Waals surface area contributed by atoms with Crippen LogP contribution in [0.1, 0.15) is 109 Å². The number of hydrogen-bond donors (Lipinski definition) is 2. The van der Waals surface area contributed by atoms with Gasteiger partial charge in [0, 0.05) is 38.3 Å². The molecule has 9 heteroatoms. The maximum atomic E-state index is 12.5. The molecule has 242 valence electrons. The number of rotatable bonds is 26. The van der Waals surface area contributed by atoms with Crippen LogP contribution in [0.15, 0.2) is 18.2 Å². The molecule has 0 fully saturated rings. The summed E-state index contributed by atoms with van der Waals surface area (Å²) in [6.45, 7) is 5.22. The predicted molar refractivity (Wildman–Crippen MR) is 165 cm³/mol. The summed E-state index contributed by atoms with van der Waals surface area (Å²) in [5, 5.41) is 18.6. The molecule has 0 aliphatic heterocycles. The Morgan fingerprint density at radius 2 is 1.33 bits per heavy atom. The minimum Gasteiger partial charge on any atom is -0.493 e. The molecule has 0 radical (unpaired) electrons. The molecule has 0 unspecified atom stereocenters. The predicted octanol–water partition coefficient (Wildman–Crippen LogP) is 5.82. The zero-order valence-electron chi connectivity index (χ0n) is 26.6. The maximum Gasteiger partial charge on any atom is 0.306 e. The van der Waals surface area contributed by atoms with Gasteiger partial charge in [-0.05, 0) is 44.6 Å². The minimum atomic E-state index is -0.822. The van der Waals surface area contributed by atoms with Crippen LogP contribution in [0.25, 0.3) is 0 Å². The Hall–Kier alpha value is -2.36. The van der Waals surface area contributed by atoms with Crippen LogP contribution < -0.4 is 9.47 Å². The largest absolute Gasteiger partial charge is 0.493 e. The third-order valence-corrected chi connectivity index (χ3v) is 6.77. The molecule has 0 spiro atoms. The second-order valence-corrected chi connectivity index (χ2v) is 11.3. The summed E-state index contributed by atoms with van der Waals surface area (Å²) in [6.07, 6.45) is 10.5. The molecule has 1 rings (SSSR count). The van der Waals surface area contributed by atoms with Crippen molar-refractivity contribution in [3.63, 3.8) is 0 Å². The lowest BCUT2D eigenvalue weighted by Gasteiger charge is -2.19. The Morgan fingerprint density at radius 1 is 0.786 bits per heavy atom. The van der Waals surface area contributed by atoms with Gasteiger partial charge in [0.1, 0.15) is 24.2 Å². The summed E-state index contributed by atoms with van der Waals surface area (Å²) in [5.41, 5.74) is 0.995. The molecule has 42 heavy (non-hydrogen) atoms. The van der Waals surface area contributed by atoms with Crippen molar-refractivity contribution in [3.05, 3.63) is 23.8 Å². The Balaban J connectivity index is 2.73. The number of nitrogens with zero attached hydrogens (tertiary/aromatic N) is 1. The lowest BCUT2D eigenvalue weighted by atomic mass is 10.1. The number of aliphatic hydroxyl groups excluding tert-OH is 2. The molecule has 0 aliphatic rings. The average Bonchev–Trinajstić information content (AvgIpc) is 2.95. The summed E-state index contributed by atoms with van der Waals surface area (Å²) in [7, 11) is 3.95. The normalized spacial score (nSPS) is 12.6. The number of aliphatic hydroxyl groups is 2. The zero-order valence-corrected chi connectivity index (χ0v) is 26.6. The van der Waals surface area contributed by atoms with Crippen molar-refractivity contribution in [1.29, 1.82) is 0 Å². The standard InChI is InChI=1S/C33H57NO8/c1-5-7-9-11-13-15-32(37)41-26-29(42-33(38)16-14-12-10-8-6-2)18-20-40-31-22-27(24-34(3)4)21-30(23-31)39-19-17-28(36)25-35/h21-23,28-29,35-36H,5-20,24-26H2,1-4H3/t28-,29-/m0/s1. The number of esters is 2. The van der Waals surface area contributed by atoms with Gasteiger partial charge in [0.2, 0.25) is 0 Å². The molecule has 1 aromatic rings. The van der Waals surface area contributed by atoms with Gasteiger partial charge in [-0.1, -0.05) is 65.2 Å². The van der Waals surface area contributed by atoms with E-state index in [0.717, 1.165) is 63.4 Å². The van der Waals surface area contributed by atoms with Gasteiger partial charge in [-0.15, -0.1) is 0 Å². The van der Waals surface area contributed by atoms with Gasteiger partial charge in [0.15, 0.2) is 0 Å². The Labute approximate surface area is 253 Å². The fourth-order valence-electron chi connectivity index (χ4n) is 4.39. The van der Waals surface area contributed by atoms with Crippen LogP contribution >= 0.6 is 0 Å². The lowest BCUT2D eigenvalue weighted by Crippen LogP contribution is -2.27. The van der Waals surface area contributed by atoms with Crippen molar-refractivity contribution < 1.29 is 38.7 Å². The van der Waals surface area contributed by atoms with Crippen LogP contribution in [-0.2, 0) is 25.6 Å². The van der Waals surface area contributed by atoms with Gasteiger partial charge in [-0.3, -0.25) is 9.59 Å². The van der Waals surface area contributed by atoms with Crippen molar-refractivity contribution in [1.82, 2.24) is 4.90 Å².